The van der Waals surface area contributed by atoms with Gasteiger partial charge in [0.2, 0.25) is 0 Å². The second-order valence-electron chi connectivity index (χ2n) is 9.40. The van der Waals surface area contributed by atoms with Crippen molar-refractivity contribution in [2.24, 2.45) is 11.8 Å². The lowest BCUT2D eigenvalue weighted by atomic mass is 9.84. The van der Waals surface area contributed by atoms with Gasteiger partial charge in [-0.15, -0.1) is 0 Å². The molecule has 1 fully saturated rings. The molecule has 0 saturated carbocycles. The fourth-order valence-corrected chi connectivity index (χ4v) is 5.62. The van der Waals surface area contributed by atoms with Crippen molar-refractivity contribution in [2.75, 3.05) is 12.3 Å². The van der Waals surface area contributed by atoms with E-state index < -0.39 is 29.6 Å². The van der Waals surface area contributed by atoms with Gasteiger partial charge in [0.05, 0.1) is 35.2 Å². The fourth-order valence-electron chi connectivity index (χ4n) is 5.62. The van der Waals surface area contributed by atoms with Gasteiger partial charge >= 0.3 is 6.18 Å². The first-order chi connectivity index (χ1) is 16.6. The second-order valence-corrected chi connectivity index (χ2v) is 9.40. The van der Waals surface area contributed by atoms with Crippen molar-refractivity contribution in [1.82, 2.24) is 24.3 Å². The van der Waals surface area contributed by atoms with E-state index >= 15 is 4.39 Å². The summed E-state index contributed by atoms with van der Waals surface area (Å²) in [6, 6.07) is 4.50. The molecule has 1 aliphatic heterocycles. The quantitative estimate of drug-likeness (QED) is 0.404. The first-order valence-electron chi connectivity index (χ1n) is 11.2. The highest BCUT2D eigenvalue weighted by atomic mass is 19.4. The smallest absolute Gasteiger partial charge is 0.382 e. The Morgan fingerprint density at radius 1 is 1.17 bits per heavy atom. The van der Waals surface area contributed by atoms with Crippen LogP contribution in [0.25, 0.3) is 16.6 Å². The van der Waals surface area contributed by atoms with Crippen molar-refractivity contribution < 1.29 is 22.4 Å². The van der Waals surface area contributed by atoms with Gasteiger partial charge in [-0.3, -0.25) is 9.20 Å². The number of nitrogens with zero attached hydrogens (tertiary/aromatic N) is 5. The average Bonchev–Trinajstić information content (AvgIpc) is 3.42. The summed E-state index contributed by atoms with van der Waals surface area (Å²) in [6.45, 7) is 2.34. The summed E-state index contributed by atoms with van der Waals surface area (Å²) in [4.78, 5) is 27.5. The van der Waals surface area contributed by atoms with E-state index in [0.717, 1.165) is 12.5 Å². The van der Waals surface area contributed by atoms with Gasteiger partial charge in [-0.2, -0.15) is 13.2 Å². The van der Waals surface area contributed by atoms with E-state index in [1.54, 1.807) is 9.30 Å². The fraction of sp³-hybridized carbons (Fsp3) is 0.333. The Kier molecular flexibility index (Phi) is 4.58. The third-order valence-corrected chi connectivity index (χ3v) is 7.03. The number of nitrogen functional groups attached to an aromatic ring is 1. The molecule has 6 rings (SSSR count). The number of fused-ring (bicyclic) bond motifs is 6. The number of hydrogen-bond donors (Lipinski definition) is 1. The molecule has 1 saturated heterocycles. The van der Waals surface area contributed by atoms with Crippen LogP contribution in [0.1, 0.15) is 46.7 Å². The molecule has 35 heavy (non-hydrogen) atoms. The molecule has 2 N–H and O–H groups in total. The number of carbonyl (C=O) groups excluding carboxylic acids is 1. The van der Waals surface area contributed by atoms with E-state index in [9.17, 15) is 18.0 Å². The van der Waals surface area contributed by atoms with Crippen LogP contribution in [0.15, 0.2) is 36.8 Å². The highest BCUT2D eigenvalue weighted by Gasteiger charge is 2.45. The molecule has 0 bridgehead atoms. The monoisotopic (exact) mass is 484 g/mol. The normalized spacial score (nSPS) is 22.0. The number of benzene rings is 1. The van der Waals surface area contributed by atoms with Crippen molar-refractivity contribution in [1.29, 1.82) is 0 Å². The molecular weight excluding hydrogens is 464 g/mol. The summed E-state index contributed by atoms with van der Waals surface area (Å²) >= 11 is 0. The predicted octanol–water partition coefficient (Wildman–Crippen LogP) is 4.41. The molecule has 7 nitrogen and oxygen atoms in total. The van der Waals surface area contributed by atoms with Crippen LogP contribution in [0.3, 0.4) is 0 Å². The summed E-state index contributed by atoms with van der Waals surface area (Å²) in [5.74, 6) is -1.06. The van der Waals surface area contributed by atoms with E-state index in [0.29, 0.717) is 35.3 Å². The number of hydrogen-bond acceptors (Lipinski definition) is 5. The van der Waals surface area contributed by atoms with Gasteiger partial charge in [0, 0.05) is 18.3 Å². The van der Waals surface area contributed by atoms with E-state index in [-0.39, 0.29) is 28.7 Å². The van der Waals surface area contributed by atoms with Crippen molar-refractivity contribution in [3.05, 3.63) is 65.1 Å². The molecule has 0 radical (unpaired) electrons. The van der Waals surface area contributed by atoms with Gasteiger partial charge in [-0.25, -0.2) is 19.3 Å². The molecule has 1 aliphatic carbocycles. The molecule has 11 heteroatoms. The molecule has 1 amide bonds. The Labute approximate surface area is 196 Å². The zero-order valence-corrected chi connectivity index (χ0v) is 18.6. The average molecular weight is 484 g/mol. The Balaban J connectivity index is 1.44. The lowest BCUT2D eigenvalue weighted by molar-refractivity contribution is -0.141. The number of pyridine rings is 1. The summed E-state index contributed by atoms with van der Waals surface area (Å²) in [5.41, 5.74) is 7.08. The van der Waals surface area contributed by atoms with Gasteiger partial charge in [0.15, 0.2) is 0 Å². The molecule has 2 aliphatic rings. The number of halogens is 4. The highest BCUT2D eigenvalue weighted by Crippen LogP contribution is 2.47. The Morgan fingerprint density at radius 2 is 1.97 bits per heavy atom. The number of likely N-dealkylation sites (tertiary alicyclic amines) is 1. The van der Waals surface area contributed by atoms with E-state index in [4.69, 9.17) is 5.73 Å². The van der Waals surface area contributed by atoms with E-state index in [2.05, 4.69) is 15.0 Å². The third-order valence-electron chi connectivity index (χ3n) is 7.03. The molecule has 1 unspecified atom stereocenters. The predicted molar refractivity (Wildman–Crippen MR) is 119 cm³/mol. The molecule has 4 heterocycles. The van der Waals surface area contributed by atoms with Gasteiger partial charge in [0.1, 0.15) is 22.8 Å². The van der Waals surface area contributed by atoms with Crippen LogP contribution < -0.4 is 5.73 Å². The van der Waals surface area contributed by atoms with Crippen molar-refractivity contribution in [3.63, 3.8) is 0 Å². The molecule has 4 aromatic rings. The van der Waals surface area contributed by atoms with Crippen LogP contribution in [0, 0.1) is 17.7 Å². The maximum absolute atomic E-state index is 15.2. The zero-order chi connectivity index (χ0) is 24.6. The Hall–Kier alpha value is -3.76. The number of anilines is 1. The lowest BCUT2D eigenvalue weighted by Crippen LogP contribution is -2.44. The Bertz CT molecular complexity index is 1510. The van der Waals surface area contributed by atoms with Crippen molar-refractivity contribution in [3.8, 4) is 0 Å². The highest BCUT2D eigenvalue weighted by molar-refractivity contribution is 5.99. The standard InChI is InChI=1S/C24H20F4N6O/c1-11-4-12-5-16-13(2-3-20(31-16)24(26,27)28)21(12)33(9-11)23(35)14-6-18-17(7-15(14)25)32-22(29)19-8-30-10-34(18)19/h2-3,6-8,10-12,21H,4-5,9H2,1H3,(H2,29,32)/t11-,12?,21-/m1/s1. The molecule has 3 aromatic heterocycles. The molecule has 1 aromatic carbocycles. The summed E-state index contributed by atoms with van der Waals surface area (Å²) in [7, 11) is 0. The minimum Gasteiger partial charge on any atom is -0.382 e. The SMILES string of the molecule is C[C@@H]1CC2Cc3nc(C(F)(F)F)ccc3[C@@H]2N(C(=O)c2cc3c(cc2F)nc(N)c2cncn23)C1. The summed E-state index contributed by atoms with van der Waals surface area (Å²) in [6.07, 6.45) is -0.419. The number of piperidine rings is 1. The van der Waals surface area contributed by atoms with Gasteiger partial charge in [-0.05, 0) is 42.4 Å². The molecule has 0 spiro atoms. The zero-order valence-electron chi connectivity index (χ0n) is 18.6. The first-order valence-corrected chi connectivity index (χ1v) is 11.2. The lowest BCUT2D eigenvalue weighted by Gasteiger charge is -2.41. The largest absolute Gasteiger partial charge is 0.433 e. The van der Waals surface area contributed by atoms with Crippen LogP contribution in [0.2, 0.25) is 0 Å². The number of imidazole rings is 1. The Morgan fingerprint density at radius 3 is 2.74 bits per heavy atom. The van der Waals surface area contributed by atoms with Crippen molar-refractivity contribution >= 4 is 28.3 Å². The van der Waals surface area contributed by atoms with Gasteiger partial charge < -0.3 is 10.6 Å². The van der Waals surface area contributed by atoms with Gasteiger partial charge in [-0.1, -0.05) is 13.0 Å². The van der Waals surface area contributed by atoms with Crippen LogP contribution in [-0.2, 0) is 12.6 Å². The summed E-state index contributed by atoms with van der Waals surface area (Å²) < 4.78 is 56.5. The summed E-state index contributed by atoms with van der Waals surface area (Å²) in [5, 5.41) is 0. The van der Waals surface area contributed by atoms with E-state index in [1.165, 1.54) is 30.7 Å². The number of rotatable bonds is 1. The van der Waals surface area contributed by atoms with E-state index in [1.807, 2.05) is 6.92 Å². The first kappa shape index (κ1) is 21.8. The number of amides is 1. The van der Waals surface area contributed by atoms with Crippen LogP contribution in [0.4, 0.5) is 23.4 Å². The van der Waals surface area contributed by atoms with Crippen LogP contribution in [-0.4, -0.2) is 36.7 Å². The number of alkyl halides is 3. The van der Waals surface area contributed by atoms with Gasteiger partial charge in [0.25, 0.3) is 5.91 Å². The number of nitrogens with two attached hydrogens (primary N) is 1. The third kappa shape index (κ3) is 3.32. The number of carbonyl (C=O) groups is 1. The topological polar surface area (TPSA) is 89.4 Å². The maximum Gasteiger partial charge on any atom is 0.433 e. The van der Waals surface area contributed by atoms with Crippen molar-refractivity contribution in [2.45, 2.75) is 32.0 Å². The molecular formula is C24H20F4N6O. The van der Waals surface area contributed by atoms with Crippen LogP contribution >= 0.6 is 0 Å². The maximum atomic E-state index is 15.2. The minimum absolute atomic E-state index is 0.0842. The number of aromatic nitrogens is 4. The minimum atomic E-state index is -4.55. The van der Waals surface area contributed by atoms with Crippen LogP contribution in [0.5, 0.6) is 0 Å². The molecule has 180 valence electrons. The molecule has 3 atom stereocenters. The second kappa shape index (κ2) is 7.37.